The average Bonchev–Trinajstić information content (AvgIpc) is 2.54. The fourth-order valence-electron chi connectivity index (χ4n) is 2.45. The summed E-state index contributed by atoms with van der Waals surface area (Å²) >= 11 is 0. The maximum atomic E-state index is 12.1. The van der Waals surface area contributed by atoms with Gasteiger partial charge in [0.2, 0.25) is 0 Å². The number of aryl methyl sites for hydroxylation is 2. The van der Waals surface area contributed by atoms with Crippen molar-refractivity contribution in [2.45, 2.75) is 13.8 Å². The van der Waals surface area contributed by atoms with Crippen LogP contribution in [0, 0.1) is 24.0 Å². The number of nitrogens with zero attached hydrogens (tertiary/aromatic N) is 3. The molecule has 0 spiro atoms. The highest BCUT2D eigenvalue weighted by atomic mass is 16.6. The third kappa shape index (κ3) is 3.69. The summed E-state index contributed by atoms with van der Waals surface area (Å²) in [6.45, 7) is 3.86. The van der Waals surface area contributed by atoms with E-state index in [0.717, 1.165) is 16.6 Å². The highest BCUT2D eigenvalue weighted by molar-refractivity contribution is 5.99. The molecule has 0 unspecified atom stereocenters. The molecule has 1 aromatic carbocycles. The van der Waals surface area contributed by atoms with Gasteiger partial charge in [-0.15, -0.1) is 0 Å². The van der Waals surface area contributed by atoms with Gasteiger partial charge < -0.3 is 5.32 Å². The molecule has 0 radical (unpaired) electrons. The first-order valence-electron chi connectivity index (χ1n) is 7.50. The maximum absolute atomic E-state index is 12.1. The van der Waals surface area contributed by atoms with Crippen molar-refractivity contribution in [1.82, 2.24) is 9.97 Å². The van der Waals surface area contributed by atoms with Crippen molar-refractivity contribution in [2.75, 3.05) is 10.6 Å². The molecule has 0 atom stereocenters. The molecule has 3 rings (SSSR count). The van der Waals surface area contributed by atoms with E-state index >= 15 is 0 Å². The van der Waals surface area contributed by atoms with Crippen LogP contribution < -0.4 is 10.6 Å². The molecule has 0 saturated heterocycles. The molecule has 3 aromatic rings. The van der Waals surface area contributed by atoms with Crippen LogP contribution in [0.3, 0.4) is 0 Å². The summed E-state index contributed by atoms with van der Waals surface area (Å²) < 4.78 is 0. The van der Waals surface area contributed by atoms with Crippen LogP contribution in [0.25, 0.3) is 11.0 Å². The Morgan fingerprint density at radius 1 is 1.04 bits per heavy atom. The third-order valence-corrected chi connectivity index (χ3v) is 3.59. The van der Waals surface area contributed by atoms with E-state index in [2.05, 4.69) is 20.6 Å². The molecule has 2 N–H and O–H groups in total. The molecule has 8 heteroatoms. The minimum absolute atomic E-state index is 0.0426. The highest BCUT2D eigenvalue weighted by Crippen LogP contribution is 2.19. The topological polar surface area (TPSA) is 110 Å². The second kappa shape index (κ2) is 6.52. The molecule has 0 aliphatic rings. The Bertz CT molecular complexity index is 970. The van der Waals surface area contributed by atoms with E-state index in [4.69, 9.17) is 0 Å². The number of hydrogen-bond acceptors (Lipinski definition) is 5. The molecule has 0 saturated carbocycles. The quantitative estimate of drug-likeness (QED) is 0.558. The number of pyridine rings is 2. The number of carbonyl (C=O) groups is 1. The van der Waals surface area contributed by atoms with E-state index < -0.39 is 11.0 Å². The number of benzene rings is 1. The van der Waals surface area contributed by atoms with Crippen LogP contribution in [-0.4, -0.2) is 20.9 Å². The number of urea groups is 1. The van der Waals surface area contributed by atoms with E-state index in [-0.39, 0.29) is 5.69 Å². The fourth-order valence-corrected chi connectivity index (χ4v) is 2.45. The summed E-state index contributed by atoms with van der Waals surface area (Å²) in [6.07, 6.45) is 0. The molecule has 0 fully saturated rings. The number of nitrogens with one attached hydrogen (secondary N) is 2. The molecule has 0 aliphatic heterocycles. The molecule has 2 heterocycles. The number of aromatic nitrogens is 2. The lowest BCUT2D eigenvalue weighted by atomic mass is 10.1. The zero-order chi connectivity index (χ0) is 18.0. The Morgan fingerprint density at radius 2 is 1.76 bits per heavy atom. The van der Waals surface area contributed by atoms with Gasteiger partial charge in [0.15, 0.2) is 5.65 Å². The summed E-state index contributed by atoms with van der Waals surface area (Å²) in [5.41, 5.74) is 2.88. The summed E-state index contributed by atoms with van der Waals surface area (Å²) in [4.78, 5) is 30.9. The van der Waals surface area contributed by atoms with Crippen LogP contribution in [0.4, 0.5) is 22.0 Å². The molecule has 0 bridgehead atoms. The number of nitro groups is 1. The van der Waals surface area contributed by atoms with E-state index in [1.807, 2.05) is 26.0 Å². The Balaban J connectivity index is 1.74. The predicted molar refractivity (Wildman–Crippen MR) is 94.7 cm³/mol. The van der Waals surface area contributed by atoms with Gasteiger partial charge in [-0.1, -0.05) is 0 Å². The summed E-state index contributed by atoms with van der Waals surface area (Å²) in [7, 11) is 0. The molecule has 8 nitrogen and oxygen atoms in total. The van der Waals surface area contributed by atoms with Crippen molar-refractivity contribution in [3.8, 4) is 0 Å². The van der Waals surface area contributed by atoms with E-state index in [0.29, 0.717) is 17.2 Å². The van der Waals surface area contributed by atoms with E-state index in [9.17, 15) is 14.9 Å². The smallest absolute Gasteiger partial charge is 0.308 e. The minimum atomic E-state index is -0.500. The summed E-state index contributed by atoms with van der Waals surface area (Å²) in [5, 5.41) is 16.8. The molecular formula is C17H15N5O3. The fraction of sp³-hybridized carbons (Fsp3) is 0.118. The average molecular weight is 337 g/mol. The van der Waals surface area contributed by atoms with Gasteiger partial charge in [0, 0.05) is 28.9 Å². The summed E-state index contributed by atoms with van der Waals surface area (Å²) in [6, 6.07) is 10.6. The van der Waals surface area contributed by atoms with Crippen LogP contribution in [-0.2, 0) is 0 Å². The highest BCUT2D eigenvalue weighted by Gasteiger charge is 2.08. The van der Waals surface area contributed by atoms with Crippen molar-refractivity contribution >= 4 is 34.3 Å². The molecule has 25 heavy (non-hydrogen) atoms. The van der Waals surface area contributed by atoms with Gasteiger partial charge in [0.05, 0.1) is 4.92 Å². The van der Waals surface area contributed by atoms with Gasteiger partial charge in [0.25, 0.3) is 5.69 Å². The van der Waals surface area contributed by atoms with Gasteiger partial charge in [-0.05, 0) is 49.7 Å². The number of carbonyl (C=O) groups excluding carboxylic acids is 1. The minimum Gasteiger partial charge on any atom is -0.308 e. The molecule has 0 aliphatic carbocycles. The van der Waals surface area contributed by atoms with E-state index in [1.165, 1.54) is 24.3 Å². The van der Waals surface area contributed by atoms with Gasteiger partial charge >= 0.3 is 6.03 Å². The predicted octanol–water partition coefficient (Wildman–Crippen LogP) is 3.80. The van der Waals surface area contributed by atoms with Crippen molar-refractivity contribution in [3.05, 3.63) is 63.8 Å². The van der Waals surface area contributed by atoms with Crippen molar-refractivity contribution in [1.29, 1.82) is 0 Å². The monoisotopic (exact) mass is 337 g/mol. The second-order valence-corrected chi connectivity index (χ2v) is 5.53. The lowest BCUT2D eigenvalue weighted by Crippen LogP contribution is -2.20. The van der Waals surface area contributed by atoms with Crippen LogP contribution in [0.2, 0.25) is 0 Å². The van der Waals surface area contributed by atoms with Crippen molar-refractivity contribution in [3.63, 3.8) is 0 Å². The maximum Gasteiger partial charge on any atom is 0.324 e. The van der Waals surface area contributed by atoms with Gasteiger partial charge in [-0.3, -0.25) is 15.4 Å². The first-order chi connectivity index (χ1) is 11.9. The normalized spacial score (nSPS) is 10.5. The summed E-state index contributed by atoms with van der Waals surface area (Å²) in [5.74, 6) is 0.365. The van der Waals surface area contributed by atoms with Crippen molar-refractivity contribution in [2.24, 2.45) is 0 Å². The first kappa shape index (κ1) is 16.3. The zero-order valence-corrected chi connectivity index (χ0v) is 13.6. The standard InChI is InChI=1S/C17H15N5O3/c1-10-9-11(2)18-16-14(10)7-8-15(20-16)21-17(23)19-12-3-5-13(6-4-12)22(24)25/h3-9H,1-2H3,(H2,18,19,20,21,23). The number of anilines is 2. The molecule has 126 valence electrons. The zero-order valence-electron chi connectivity index (χ0n) is 13.6. The SMILES string of the molecule is Cc1cc(C)c2ccc(NC(=O)Nc3ccc([N+](=O)[O-])cc3)nc2n1. The number of amides is 2. The largest absolute Gasteiger partial charge is 0.324 e. The number of fused-ring (bicyclic) bond motifs is 1. The van der Waals surface area contributed by atoms with Crippen LogP contribution in [0.15, 0.2) is 42.5 Å². The number of nitro benzene ring substituents is 1. The lowest BCUT2D eigenvalue weighted by Gasteiger charge is -2.08. The van der Waals surface area contributed by atoms with Crippen molar-refractivity contribution < 1.29 is 9.72 Å². The first-order valence-corrected chi connectivity index (χ1v) is 7.50. The molecule has 2 aromatic heterocycles. The second-order valence-electron chi connectivity index (χ2n) is 5.53. The lowest BCUT2D eigenvalue weighted by molar-refractivity contribution is -0.384. The van der Waals surface area contributed by atoms with E-state index in [1.54, 1.807) is 6.07 Å². The Morgan fingerprint density at radius 3 is 2.44 bits per heavy atom. The molecular weight excluding hydrogens is 322 g/mol. The Labute approximate surface area is 143 Å². The Kier molecular flexibility index (Phi) is 4.25. The Hall–Kier alpha value is -3.55. The molecule has 2 amide bonds. The number of non-ortho nitro benzene ring substituents is 1. The third-order valence-electron chi connectivity index (χ3n) is 3.59. The van der Waals surface area contributed by atoms with Crippen LogP contribution >= 0.6 is 0 Å². The van der Waals surface area contributed by atoms with Crippen LogP contribution in [0.5, 0.6) is 0 Å². The van der Waals surface area contributed by atoms with Crippen LogP contribution in [0.1, 0.15) is 11.3 Å². The number of rotatable bonds is 3. The van der Waals surface area contributed by atoms with Gasteiger partial charge in [0.1, 0.15) is 5.82 Å². The van der Waals surface area contributed by atoms with Gasteiger partial charge in [-0.2, -0.15) is 0 Å². The number of hydrogen-bond donors (Lipinski definition) is 2. The van der Waals surface area contributed by atoms with Gasteiger partial charge in [-0.25, -0.2) is 14.8 Å².